The Morgan fingerprint density at radius 1 is 0.232 bits per heavy atom. The first-order valence-corrected chi connectivity index (χ1v) is 19.1. The lowest BCUT2D eigenvalue weighted by Crippen LogP contribution is -2.00. The van der Waals surface area contributed by atoms with E-state index in [0.717, 1.165) is 38.6 Å². The van der Waals surface area contributed by atoms with E-state index in [9.17, 15) is 0 Å². The van der Waals surface area contributed by atoms with E-state index < -0.39 is 0 Å². The molecule has 0 N–H and O–H groups in total. The van der Waals surface area contributed by atoms with Crippen molar-refractivity contribution in [2.75, 3.05) is 0 Å². The minimum Gasteiger partial charge on any atom is -0.208 e. The zero-order valence-corrected chi connectivity index (χ0v) is 30.2. The highest BCUT2D eigenvalue weighted by molar-refractivity contribution is 6.37. The van der Waals surface area contributed by atoms with Gasteiger partial charge in [0.15, 0.2) is 17.5 Å². The van der Waals surface area contributed by atoms with Gasteiger partial charge in [-0.05, 0) is 105 Å². The average molecular weight is 710 g/mol. The molecule has 3 heteroatoms. The molecule has 0 spiro atoms. The first kappa shape index (κ1) is 30.9. The summed E-state index contributed by atoms with van der Waals surface area (Å²) in [7, 11) is 0. The summed E-state index contributed by atoms with van der Waals surface area (Å²) in [4.78, 5) is 15.4. The van der Waals surface area contributed by atoms with Crippen molar-refractivity contribution in [3.8, 4) is 45.3 Å². The molecule has 0 unspecified atom stereocenters. The molecule has 0 atom stereocenters. The Bertz CT molecular complexity index is 3520. The van der Waals surface area contributed by atoms with Crippen LogP contribution in [0.25, 0.3) is 121 Å². The Hall–Kier alpha value is -7.49. The third-order valence-corrected chi connectivity index (χ3v) is 11.6. The van der Waals surface area contributed by atoms with Crippen LogP contribution in [-0.4, -0.2) is 15.0 Å². The van der Waals surface area contributed by atoms with Gasteiger partial charge in [-0.3, -0.25) is 0 Å². The van der Waals surface area contributed by atoms with E-state index >= 15 is 0 Å². The Morgan fingerprint density at radius 3 is 1.41 bits per heavy atom. The van der Waals surface area contributed by atoms with E-state index in [0.29, 0.717) is 17.5 Å². The molecule has 0 amide bonds. The fourth-order valence-electron chi connectivity index (χ4n) is 9.05. The number of aromatic nitrogens is 3. The van der Waals surface area contributed by atoms with Crippen LogP contribution in [0.3, 0.4) is 0 Å². The molecule has 1 aromatic heterocycles. The zero-order valence-electron chi connectivity index (χ0n) is 30.2. The van der Waals surface area contributed by atoms with Crippen molar-refractivity contribution in [2.45, 2.75) is 0 Å². The molecular weight excluding hydrogens is 679 g/mol. The molecule has 1 heterocycles. The van der Waals surface area contributed by atoms with Gasteiger partial charge >= 0.3 is 0 Å². The van der Waals surface area contributed by atoms with Gasteiger partial charge in [0.1, 0.15) is 0 Å². The number of fused-ring (bicyclic) bond motifs is 3. The largest absolute Gasteiger partial charge is 0.208 e. The summed E-state index contributed by atoms with van der Waals surface area (Å²) in [5.74, 6) is 1.95. The molecule has 11 aromatic carbocycles. The topological polar surface area (TPSA) is 38.7 Å². The summed E-state index contributed by atoms with van der Waals surface area (Å²) < 4.78 is 0. The van der Waals surface area contributed by atoms with Crippen molar-refractivity contribution in [3.05, 3.63) is 188 Å². The summed E-state index contributed by atoms with van der Waals surface area (Å²) in [6.45, 7) is 0. The second-order valence-electron chi connectivity index (χ2n) is 14.7. The molecule has 258 valence electrons. The number of nitrogens with zero attached hydrogens (tertiary/aromatic N) is 3. The number of hydrogen-bond acceptors (Lipinski definition) is 3. The normalized spacial score (nSPS) is 11.9. The van der Waals surface area contributed by atoms with E-state index in [1.807, 2.05) is 18.2 Å². The Morgan fingerprint density at radius 2 is 0.696 bits per heavy atom. The van der Waals surface area contributed by atoms with E-state index in [1.54, 1.807) is 0 Å². The van der Waals surface area contributed by atoms with Gasteiger partial charge < -0.3 is 0 Å². The first-order chi connectivity index (χ1) is 27.7. The van der Waals surface area contributed by atoms with Gasteiger partial charge in [0.25, 0.3) is 0 Å². The van der Waals surface area contributed by atoms with Crippen LogP contribution in [0.15, 0.2) is 188 Å². The SMILES string of the molecule is c1ccc(-c2nc(-c3cccc(-c4cc5ccc6cccc7c8cccc9ccc%10cccc(c(c4)c5c67)c%10c98)c3)nc(-c3cccc4ccccc34)n2)cc1. The lowest BCUT2D eigenvalue weighted by atomic mass is 9.86. The lowest BCUT2D eigenvalue weighted by Gasteiger charge is -2.17. The van der Waals surface area contributed by atoms with Crippen LogP contribution < -0.4 is 0 Å². The molecular formula is C53H31N3. The second-order valence-corrected chi connectivity index (χ2v) is 14.7. The van der Waals surface area contributed by atoms with Gasteiger partial charge in [-0.25, -0.2) is 15.0 Å². The van der Waals surface area contributed by atoms with Crippen molar-refractivity contribution in [2.24, 2.45) is 0 Å². The van der Waals surface area contributed by atoms with Crippen molar-refractivity contribution in [1.29, 1.82) is 0 Å². The van der Waals surface area contributed by atoms with Crippen LogP contribution >= 0.6 is 0 Å². The fourth-order valence-corrected chi connectivity index (χ4v) is 9.05. The third kappa shape index (κ3) is 4.68. The lowest BCUT2D eigenvalue weighted by molar-refractivity contribution is 1.08. The van der Waals surface area contributed by atoms with Crippen molar-refractivity contribution < 1.29 is 0 Å². The second kappa shape index (κ2) is 12.0. The van der Waals surface area contributed by atoms with Crippen LogP contribution in [0.2, 0.25) is 0 Å². The standard InChI is InChI=1S/C53H31N3/c1-2-12-36(13-3-1)51-54-52(56-53(55-51)45-24-7-14-32-11-4-5-20-41(32)45)39-19-6-18-37(29-39)40-30-38-28-27-35-16-9-22-43-42-21-8-15-33-25-26-34-17-10-23-44(49(34)47(33)42)46(31-40)50(38)48(35)43/h1-31H. The summed E-state index contributed by atoms with van der Waals surface area (Å²) in [5, 5.41) is 17.5. The zero-order chi connectivity index (χ0) is 36.7. The predicted octanol–water partition coefficient (Wildman–Crippen LogP) is 14.0. The van der Waals surface area contributed by atoms with E-state index in [1.165, 1.54) is 64.6 Å². The third-order valence-electron chi connectivity index (χ3n) is 11.6. The van der Waals surface area contributed by atoms with E-state index in [4.69, 9.17) is 15.0 Å². The first-order valence-electron chi connectivity index (χ1n) is 19.1. The van der Waals surface area contributed by atoms with Crippen LogP contribution in [-0.2, 0) is 0 Å². The predicted molar refractivity (Wildman–Crippen MR) is 235 cm³/mol. The maximum Gasteiger partial charge on any atom is 0.164 e. The molecule has 0 bridgehead atoms. The summed E-state index contributed by atoms with van der Waals surface area (Å²) in [6.07, 6.45) is 0. The van der Waals surface area contributed by atoms with Crippen LogP contribution in [0.4, 0.5) is 0 Å². The highest BCUT2D eigenvalue weighted by Crippen LogP contribution is 2.44. The minimum absolute atomic E-state index is 0.641. The molecule has 0 fully saturated rings. The number of rotatable bonds is 4. The quantitative estimate of drug-likeness (QED) is 0.171. The van der Waals surface area contributed by atoms with Gasteiger partial charge in [-0.15, -0.1) is 0 Å². The molecule has 3 nitrogen and oxygen atoms in total. The van der Waals surface area contributed by atoms with E-state index in [-0.39, 0.29) is 0 Å². The Balaban J connectivity index is 1.12. The van der Waals surface area contributed by atoms with Gasteiger partial charge in [-0.1, -0.05) is 170 Å². The summed E-state index contributed by atoms with van der Waals surface area (Å²) in [6, 6.07) is 67.7. The molecule has 0 saturated carbocycles. The maximum atomic E-state index is 5.18. The van der Waals surface area contributed by atoms with Gasteiger partial charge in [0, 0.05) is 16.7 Å². The van der Waals surface area contributed by atoms with Crippen LogP contribution in [0, 0.1) is 0 Å². The fraction of sp³-hybridized carbons (Fsp3) is 0. The Kier molecular flexibility index (Phi) is 6.63. The van der Waals surface area contributed by atoms with Gasteiger partial charge in [0.05, 0.1) is 0 Å². The summed E-state index contributed by atoms with van der Waals surface area (Å²) in [5.41, 5.74) is 5.13. The number of benzene rings is 10. The minimum atomic E-state index is 0.641. The number of hydrogen-bond donors (Lipinski definition) is 0. The highest BCUT2D eigenvalue weighted by atomic mass is 15.0. The van der Waals surface area contributed by atoms with Gasteiger partial charge in [0.2, 0.25) is 0 Å². The smallest absolute Gasteiger partial charge is 0.164 e. The monoisotopic (exact) mass is 709 g/mol. The Labute approximate surface area is 322 Å². The van der Waals surface area contributed by atoms with Crippen LogP contribution in [0.1, 0.15) is 0 Å². The molecule has 0 aliphatic rings. The highest BCUT2D eigenvalue weighted by Gasteiger charge is 2.18. The molecule has 56 heavy (non-hydrogen) atoms. The molecule has 0 aliphatic heterocycles. The van der Waals surface area contributed by atoms with E-state index in [2.05, 4.69) is 170 Å². The average Bonchev–Trinajstić information content (AvgIpc) is 3.27. The van der Waals surface area contributed by atoms with Crippen LogP contribution in [0.5, 0.6) is 0 Å². The van der Waals surface area contributed by atoms with Crippen molar-refractivity contribution in [3.63, 3.8) is 0 Å². The molecule has 0 saturated heterocycles. The van der Waals surface area contributed by atoms with Gasteiger partial charge in [-0.2, -0.15) is 0 Å². The summed E-state index contributed by atoms with van der Waals surface area (Å²) >= 11 is 0. The molecule has 0 radical (unpaired) electrons. The molecule has 12 rings (SSSR count). The molecule has 0 aliphatic carbocycles. The van der Waals surface area contributed by atoms with Crippen molar-refractivity contribution in [1.82, 2.24) is 15.0 Å². The molecule has 12 aromatic rings. The maximum absolute atomic E-state index is 5.18. The van der Waals surface area contributed by atoms with Crippen molar-refractivity contribution >= 4 is 75.4 Å².